The van der Waals surface area contributed by atoms with Crippen molar-refractivity contribution in [2.24, 2.45) is 5.92 Å². The molecule has 0 bridgehead atoms. The minimum Gasteiger partial charge on any atom is -0.468 e. The molecule has 1 aliphatic heterocycles. The molecule has 6 heteroatoms. The van der Waals surface area contributed by atoms with Crippen LogP contribution in [0.4, 0.5) is 0 Å². The van der Waals surface area contributed by atoms with E-state index >= 15 is 0 Å². The monoisotopic (exact) mass is 310 g/mol. The van der Waals surface area contributed by atoms with Gasteiger partial charge in [0.15, 0.2) is 0 Å². The maximum atomic E-state index is 13.1. The van der Waals surface area contributed by atoms with Crippen LogP contribution in [0, 0.1) is 5.92 Å². The molecule has 1 aromatic rings. The van der Waals surface area contributed by atoms with Gasteiger partial charge in [-0.15, -0.1) is 0 Å². The molecule has 3 aliphatic rings. The summed E-state index contributed by atoms with van der Waals surface area (Å²) in [4.78, 5) is 0. The second-order valence-electron chi connectivity index (χ2n) is 6.54. The van der Waals surface area contributed by atoms with Gasteiger partial charge in [0.1, 0.15) is 5.76 Å². The quantitative estimate of drug-likeness (QED) is 0.811. The number of furan rings is 1. The Morgan fingerprint density at radius 3 is 2.67 bits per heavy atom. The van der Waals surface area contributed by atoms with Gasteiger partial charge in [0, 0.05) is 19.1 Å². The van der Waals surface area contributed by atoms with E-state index < -0.39 is 10.2 Å². The van der Waals surface area contributed by atoms with Gasteiger partial charge in [0.25, 0.3) is 10.2 Å². The second kappa shape index (κ2) is 5.11. The van der Waals surface area contributed by atoms with Crippen molar-refractivity contribution in [2.45, 2.75) is 50.6 Å². The first-order valence-corrected chi connectivity index (χ1v) is 9.38. The minimum atomic E-state index is -3.36. The fourth-order valence-corrected chi connectivity index (χ4v) is 5.41. The summed E-state index contributed by atoms with van der Waals surface area (Å²) in [6, 6.07) is 3.85. The molecule has 116 valence electrons. The fraction of sp³-hybridized carbons (Fsp3) is 0.733. The van der Waals surface area contributed by atoms with Gasteiger partial charge in [0.2, 0.25) is 0 Å². The van der Waals surface area contributed by atoms with Crippen LogP contribution in [-0.2, 0) is 10.2 Å². The molecule has 4 rings (SSSR count). The highest BCUT2D eigenvalue weighted by Crippen LogP contribution is 2.41. The molecule has 1 unspecified atom stereocenters. The summed E-state index contributed by atoms with van der Waals surface area (Å²) in [6.07, 6.45) is 7.79. The molecule has 0 N–H and O–H groups in total. The van der Waals surface area contributed by atoms with Crippen LogP contribution in [0.1, 0.15) is 50.3 Å². The molecule has 1 atom stereocenters. The third-order valence-corrected chi connectivity index (χ3v) is 6.83. The first-order chi connectivity index (χ1) is 10.2. The van der Waals surface area contributed by atoms with E-state index in [9.17, 15) is 8.42 Å². The van der Waals surface area contributed by atoms with Gasteiger partial charge >= 0.3 is 0 Å². The normalized spacial score (nSPS) is 27.6. The van der Waals surface area contributed by atoms with E-state index in [-0.39, 0.29) is 12.1 Å². The number of hydrogen-bond donors (Lipinski definition) is 0. The minimum absolute atomic E-state index is 0.120. The number of hydrogen-bond acceptors (Lipinski definition) is 3. The summed E-state index contributed by atoms with van der Waals surface area (Å²) in [5.74, 6) is 1.36. The van der Waals surface area contributed by atoms with E-state index in [0.29, 0.717) is 19.0 Å². The van der Waals surface area contributed by atoms with Gasteiger partial charge in [-0.1, -0.05) is 0 Å². The van der Waals surface area contributed by atoms with Crippen LogP contribution in [0.3, 0.4) is 0 Å². The van der Waals surface area contributed by atoms with Crippen molar-refractivity contribution in [3.8, 4) is 0 Å². The Morgan fingerprint density at radius 2 is 2.05 bits per heavy atom. The Kier molecular flexibility index (Phi) is 3.35. The smallest absolute Gasteiger partial charge is 0.282 e. The van der Waals surface area contributed by atoms with Crippen LogP contribution in [0.5, 0.6) is 0 Å². The van der Waals surface area contributed by atoms with Crippen molar-refractivity contribution in [3.63, 3.8) is 0 Å². The van der Waals surface area contributed by atoms with Crippen molar-refractivity contribution in [1.29, 1.82) is 0 Å². The van der Waals surface area contributed by atoms with Crippen LogP contribution >= 0.6 is 0 Å². The second-order valence-corrected chi connectivity index (χ2v) is 8.37. The van der Waals surface area contributed by atoms with E-state index in [2.05, 4.69) is 0 Å². The van der Waals surface area contributed by atoms with Gasteiger partial charge < -0.3 is 4.42 Å². The van der Waals surface area contributed by atoms with Gasteiger partial charge in [-0.2, -0.15) is 17.0 Å². The van der Waals surface area contributed by atoms with Crippen LogP contribution in [0.15, 0.2) is 22.8 Å². The van der Waals surface area contributed by atoms with E-state index in [1.54, 1.807) is 14.9 Å². The average molecular weight is 310 g/mol. The molecule has 0 aromatic carbocycles. The first kappa shape index (κ1) is 13.8. The lowest BCUT2D eigenvalue weighted by molar-refractivity contribution is 0.293. The summed E-state index contributed by atoms with van der Waals surface area (Å²) in [6.45, 7) is 1.33. The highest BCUT2D eigenvalue weighted by molar-refractivity contribution is 7.86. The van der Waals surface area contributed by atoms with Gasteiger partial charge in [-0.05, 0) is 56.6 Å². The number of rotatable bonds is 6. The van der Waals surface area contributed by atoms with Gasteiger partial charge in [0.05, 0.1) is 12.3 Å². The molecule has 1 aromatic heterocycles. The van der Waals surface area contributed by atoms with Gasteiger partial charge in [-0.25, -0.2) is 0 Å². The Morgan fingerprint density at radius 1 is 1.24 bits per heavy atom. The third kappa shape index (κ3) is 2.64. The van der Waals surface area contributed by atoms with E-state index in [4.69, 9.17) is 4.42 Å². The fourth-order valence-electron chi connectivity index (χ4n) is 3.27. The van der Waals surface area contributed by atoms with E-state index in [1.165, 1.54) is 12.8 Å². The predicted molar refractivity (Wildman–Crippen MR) is 78.8 cm³/mol. The summed E-state index contributed by atoms with van der Waals surface area (Å²) >= 11 is 0. The summed E-state index contributed by atoms with van der Waals surface area (Å²) in [5, 5.41) is 0. The Bertz CT molecular complexity index is 590. The molecule has 2 aliphatic carbocycles. The Hall–Kier alpha value is -0.850. The SMILES string of the molecule is O=S(=O)(N(CC1CC1)C1CC1)N1CCCC1c1ccco1. The molecule has 0 radical (unpaired) electrons. The van der Waals surface area contributed by atoms with E-state index in [0.717, 1.165) is 31.4 Å². The highest BCUT2D eigenvalue weighted by atomic mass is 32.2. The molecule has 21 heavy (non-hydrogen) atoms. The number of nitrogens with zero attached hydrogens (tertiary/aromatic N) is 2. The molecular weight excluding hydrogens is 288 g/mol. The van der Waals surface area contributed by atoms with Crippen molar-refractivity contribution in [2.75, 3.05) is 13.1 Å². The van der Waals surface area contributed by atoms with Crippen LogP contribution in [0.2, 0.25) is 0 Å². The Labute approximate surface area is 126 Å². The van der Waals surface area contributed by atoms with Crippen molar-refractivity contribution in [3.05, 3.63) is 24.2 Å². The molecule has 2 heterocycles. The van der Waals surface area contributed by atoms with Crippen LogP contribution < -0.4 is 0 Å². The van der Waals surface area contributed by atoms with Crippen molar-refractivity contribution >= 4 is 10.2 Å². The maximum Gasteiger partial charge on any atom is 0.282 e. The summed E-state index contributed by atoms with van der Waals surface area (Å²) in [7, 11) is -3.36. The first-order valence-electron chi connectivity index (χ1n) is 7.98. The van der Waals surface area contributed by atoms with Crippen molar-refractivity contribution in [1.82, 2.24) is 8.61 Å². The topological polar surface area (TPSA) is 53.8 Å². The van der Waals surface area contributed by atoms with Gasteiger partial charge in [-0.3, -0.25) is 0 Å². The summed E-state index contributed by atoms with van der Waals surface area (Å²) < 4.78 is 35.1. The molecular formula is C15H22N2O3S. The third-order valence-electron chi connectivity index (χ3n) is 4.76. The zero-order valence-corrected chi connectivity index (χ0v) is 13.0. The average Bonchev–Trinajstić information content (AvgIpc) is 3.34. The summed E-state index contributed by atoms with van der Waals surface area (Å²) in [5.41, 5.74) is 0. The molecule has 1 saturated heterocycles. The van der Waals surface area contributed by atoms with Crippen molar-refractivity contribution < 1.29 is 12.8 Å². The standard InChI is InChI=1S/C15H22N2O3S/c18-21(19,17(13-7-8-13)11-12-5-6-12)16-9-1-3-14(16)15-4-2-10-20-15/h2,4,10,12-14H,1,3,5-9,11H2. The molecule has 0 amide bonds. The molecule has 0 spiro atoms. The maximum absolute atomic E-state index is 13.1. The van der Waals surface area contributed by atoms with Crippen LogP contribution in [0.25, 0.3) is 0 Å². The zero-order chi connectivity index (χ0) is 14.4. The lowest BCUT2D eigenvalue weighted by atomic mass is 10.2. The lowest BCUT2D eigenvalue weighted by Crippen LogP contribution is -2.45. The molecule has 3 fully saturated rings. The van der Waals surface area contributed by atoms with E-state index in [1.807, 2.05) is 12.1 Å². The highest BCUT2D eigenvalue weighted by Gasteiger charge is 2.46. The molecule has 5 nitrogen and oxygen atoms in total. The van der Waals surface area contributed by atoms with Crippen LogP contribution in [-0.4, -0.2) is 36.2 Å². The Balaban J connectivity index is 1.59. The largest absolute Gasteiger partial charge is 0.468 e. The lowest BCUT2D eigenvalue weighted by Gasteiger charge is -2.30. The molecule has 2 saturated carbocycles. The zero-order valence-electron chi connectivity index (χ0n) is 12.1. The predicted octanol–water partition coefficient (Wildman–Crippen LogP) is 2.54.